The molecule has 4 bridgehead atoms. The fourth-order valence-electron chi connectivity index (χ4n) is 4.46. The number of amides is 2. The number of fused-ring (bicyclic) bond motifs is 5. The third-order valence-electron chi connectivity index (χ3n) is 6.24. The van der Waals surface area contributed by atoms with E-state index in [9.17, 15) is 14.4 Å². The summed E-state index contributed by atoms with van der Waals surface area (Å²) in [5.41, 5.74) is 2.96. The SMILES string of the molecule is CNC1C(=O)NC(CC(C)C)C(=O)NC(C(=O)OC)Cc2ccc(OC)c(c2)-c2cc1ccc2OC. The summed E-state index contributed by atoms with van der Waals surface area (Å²) in [7, 11) is 6.11. The summed E-state index contributed by atoms with van der Waals surface area (Å²) in [6.07, 6.45) is 0.599. The minimum absolute atomic E-state index is 0.126. The highest BCUT2D eigenvalue weighted by atomic mass is 16.5. The number of hydrogen-bond acceptors (Lipinski definition) is 7. The van der Waals surface area contributed by atoms with E-state index < -0.39 is 30.0 Å². The summed E-state index contributed by atoms with van der Waals surface area (Å²) in [5.74, 6) is -0.0452. The van der Waals surface area contributed by atoms with Crippen LogP contribution in [0.15, 0.2) is 36.4 Å². The van der Waals surface area contributed by atoms with Crippen LogP contribution in [-0.2, 0) is 25.5 Å². The number of carbonyl (C=O) groups excluding carboxylic acids is 3. The van der Waals surface area contributed by atoms with Gasteiger partial charge in [0.15, 0.2) is 0 Å². The second-order valence-corrected chi connectivity index (χ2v) is 9.20. The van der Waals surface area contributed by atoms with E-state index in [1.807, 2.05) is 44.2 Å². The smallest absolute Gasteiger partial charge is 0.328 e. The van der Waals surface area contributed by atoms with E-state index in [1.165, 1.54) is 7.11 Å². The predicted octanol–water partition coefficient (Wildman–Crippen LogP) is 2.38. The molecule has 2 aromatic rings. The van der Waals surface area contributed by atoms with Crippen molar-refractivity contribution in [1.82, 2.24) is 16.0 Å². The highest BCUT2D eigenvalue weighted by molar-refractivity contribution is 5.93. The van der Waals surface area contributed by atoms with Crippen LogP contribution in [0.1, 0.15) is 37.4 Å². The van der Waals surface area contributed by atoms with Crippen LogP contribution in [0, 0.1) is 5.92 Å². The number of ether oxygens (including phenoxy) is 3. The van der Waals surface area contributed by atoms with Gasteiger partial charge in [0.05, 0.1) is 21.3 Å². The maximum Gasteiger partial charge on any atom is 0.328 e. The molecular weight excluding hydrogens is 462 g/mol. The van der Waals surface area contributed by atoms with Crippen LogP contribution >= 0.6 is 0 Å². The second kappa shape index (κ2) is 11.9. The minimum atomic E-state index is -0.938. The number of nitrogens with one attached hydrogen (secondary N) is 3. The molecule has 0 aromatic heterocycles. The van der Waals surface area contributed by atoms with Gasteiger partial charge in [-0.05, 0) is 54.8 Å². The van der Waals surface area contributed by atoms with Crippen molar-refractivity contribution in [2.45, 2.75) is 44.8 Å². The lowest BCUT2D eigenvalue weighted by molar-refractivity contribution is -0.145. The van der Waals surface area contributed by atoms with E-state index in [1.54, 1.807) is 27.3 Å². The Morgan fingerprint density at radius 3 is 2.19 bits per heavy atom. The van der Waals surface area contributed by atoms with Crippen LogP contribution < -0.4 is 25.4 Å². The lowest BCUT2D eigenvalue weighted by Gasteiger charge is -2.26. The number of likely N-dealkylation sites (N-methyl/N-ethyl adjacent to an activating group) is 1. The van der Waals surface area contributed by atoms with Gasteiger partial charge in [-0.1, -0.05) is 26.0 Å². The van der Waals surface area contributed by atoms with Crippen molar-refractivity contribution in [1.29, 1.82) is 0 Å². The quantitative estimate of drug-likeness (QED) is 0.525. The van der Waals surface area contributed by atoms with Crippen molar-refractivity contribution in [2.24, 2.45) is 5.92 Å². The number of rotatable bonds is 6. The second-order valence-electron chi connectivity index (χ2n) is 9.20. The number of carbonyl (C=O) groups is 3. The van der Waals surface area contributed by atoms with Crippen LogP contribution in [0.5, 0.6) is 11.5 Å². The molecule has 3 N–H and O–H groups in total. The molecule has 3 rings (SSSR count). The normalized spacial score (nSPS) is 20.1. The minimum Gasteiger partial charge on any atom is -0.496 e. The Morgan fingerprint density at radius 1 is 0.972 bits per heavy atom. The molecule has 1 aliphatic heterocycles. The van der Waals surface area contributed by atoms with Gasteiger partial charge >= 0.3 is 5.97 Å². The zero-order chi connectivity index (χ0) is 26.4. The summed E-state index contributed by atoms with van der Waals surface area (Å²) in [4.78, 5) is 39.3. The molecular formula is C27H35N3O6. The molecule has 0 spiro atoms. The first kappa shape index (κ1) is 27.0. The van der Waals surface area contributed by atoms with E-state index in [4.69, 9.17) is 14.2 Å². The first-order chi connectivity index (χ1) is 17.2. The van der Waals surface area contributed by atoms with Crippen LogP contribution in [0.4, 0.5) is 0 Å². The Labute approximate surface area is 211 Å². The van der Waals surface area contributed by atoms with Crippen molar-refractivity contribution >= 4 is 17.8 Å². The molecule has 36 heavy (non-hydrogen) atoms. The number of methoxy groups -OCH3 is 3. The van der Waals surface area contributed by atoms with Gasteiger partial charge in [-0.2, -0.15) is 0 Å². The third kappa shape index (κ3) is 5.96. The number of esters is 1. The average Bonchev–Trinajstić information content (AvgIpc) is 2.86. The van der Waals surface area contributed by atoms with Gasteiger partial charge in [0.25, 0.3) is 0 Å². The van der Waals surface area contributed by atoms with Gasteiger partial charge in [0.1, 0.15) is 29.6 Å². The van der Waals surface area contributed by atoms with Gasteiger partial charge in [-0.15, -0.1) is 0 Å². The van der Waals surface area contributed by atoms with Gasteiger partial charge < -0.3 is 30.2 Å². The molecule has 0 saturated heterocycles. The lowest BCUT2D eigenvalue weighted by atomic mass is 9.93. The van der Waals surface area contributed by atoms with Crippen LogP contribution in [-0.4, -0.2) is 58.2 Å². The number of benzene rings is 2. The molecule has 0 fully saturated rings. The number of hydrogen-bond donors (Lipinski definition) is 3. The standard InChI is InChI=1S/C27H35N3O6/c1-15(2)11-20-25(31)30-21(27(33)36-6)13-16-7-9-22(34-4)18(12-16)19-14-17(8-10-23(19)35-5)24(28-3)26(32)29-20/h7-10,12,14-15,20-21,24,28H,11,13H2,1-6H3,(H,29,32)(H,30,31). The van der Waals surface area contributed by atoms with Gasteiger partial charge in [-0.25, -0.2) is 4.79 Å². The van der Waals surface area contributed by atoms with Crippen molar-refractivity contribution in [3.8, 4) is 22.6 Å². The average molecular weight is 498 g/mol. The highest BCUT2D eigenvalue weighted by Gasteiger charge is 2.31. The Morgan fingerprint density at radius 2 is 1.61 bits per heavy atom. The lowest BCUT2D eigenvalue weighted by Crippen LogP contribution is -2.54. The van der Waals surface area contributed by atoms with E-state index in [-0.39, 0.29) is 18.2 Å². The topological polar surface area (TPSA) is 115 Å². The zero-order valence-corrected chi connectivity index (χ0v) is 21.6. The summed E-state index contributed by atoms with van der Waals surface area (Å²) >= 11 is 0. The van der Waals surface area contributed by atoms with E-state index in [0.29, 0.717) is 23.5 Å². The third-order valence-corrected chi connectivity index (χ3v) is 6.24. The summed E-state index contributed by atoms with van der Waals surface area (Å²) in [6.45, 7) is 3.93. The van der Waals surface area contributed by atoms with Crippen molar-refractivity contribution < 1.29 is 28.6 Å². The summed E-state index contributed by atoms with van der Waals surface area (Å²) in [6, 6.07) is 8.55. The van der Waals surface area contributed by atoms with E-state index in [2.05, 4.69) is 16.0 Å². The Hall–Kier alpha value is -3.59. The Bertz CT molecular complexity index is 1120. The molecule has 2 amide bonds. The highest BCUT2D eigenvalue weighted by Crippen LogP contribution is 2.39. The molecule has 194 valence electrons. The molecule has 0 saturated carbocycles. The maximum absolute atomic E-state index is 13.4. The largest absolute Gasteiger partial charge is 0.496 e. The van der Waals surface area contributed by atoms with Crippen LogP contribution in [0.25, 0.3) is 11.1 Å². The molecule has 9 heteroatoms. The van der Waals surface area contributed by atoms with Gasteiger partial charge in [0, 0.05) is 17.5 Å². The molecule has 0 radical (unpaired) electrons. The van der Waals surface area contributed by atoms with Crippen LogP contribution in [0.2, 0.25) is 0 Å². The molecule has 0 aliphatic carbocycles. The van der Waals surface area contributed by atoms with E-state index in [0.717, 1.165) is 16.7 Å². The summed E-state index contributed by atoms with van der Waals surface area (Å²) < 4.78 is 16.2. The van der Waals surface area contributed by atoms with Crippen molar-refractivity contribution in [3.63, 3.8) is 0 Å². The van der Waals surface area contributed by atoms with Crippen LogP contribution in [0.3, 0.4) is 0 Å². The summed E-state index contributed by atoms with van der Waals surface area (Å²) in [5, 5.41) is 8.72. The fourth-order valence-corrected chi connectivity index (χ4v) is 4.46. The maximum atomic E-state index is 13.4. The van der Waals surface area contributed by atoms with Gasteiger partial charge in [-0.3, -0.25) is 9.59 Å². The molecule has 1 aliphatic rings. The fraction of sp³-hybridized carbons (Fsp3) is 0.444. The predicted molar refractivity (Wildman–Crippen MR) is 136 cm³/mol. The molecule has 3 atom stereocenters. The molecule has 3 unspecified atom stereocenters. The molecule has 9 nitrogen and oxygen atoms in total. The van der Waals surface area contributed by atoms with Crippen molar-refractivity contribution in [2.75, 3.05) is 28.4 Å². The Kier molecular flexibility index (Phi) is 8.93. The Balaban J connectivity index is 2.23. The molecule has 1 heterocycles. The zero-order valence-electron chi connectivity index (χ0n) is 21.6. The first-order valence-electron chi connectivity index (χ1n) is 11.9. The first-order valence-corrected chi connectivity index (χ1v) is 11.9. The molecule has 2 aromatic carbocycles. The monoisotopic (exact) mass is 497 g/mol. The van der Waals surface area contributed by atoms with Gasteiger partial charge in [0.2, 0.25) is 11.8 Å². The van der Waals surface area contributed by atoms with Crippen molar-refractivity contribution in [3.05, 3.63) is 47.5 Å². The van der Waals surface area contributed by atoms with E-state index >= 15 is 0 Å².